The Kier molecular flexibility index (Phi) is 24.7. The van der Waals surface area contributed by atoms with Gasteiger partial charge in [-0.3, -0.25) is 0 Å². The van der Waals surface area contributed by atoms with Gasteiger partial charge >= 0.3 is 17.4 Å². The fraction of sp³-hybridized carbons (Fsp3) is 0. The Balaban J connectivity index is -0.0000000450. The minimum absolute atomic E-state index is 0. The van der Waals surface area contributed by atoms with Gasteiger partial charge in [0.05, 0.1) is 0 Å². The summed E-state index contributed by atoms with van der Waals surface area (Å²) in [7, 11) is 0. The van der Waals surface area contributed by atoms with Crippen molar-refractivity contribution in [3.8, 4) is 0 Å². The van der Waals surface area contributed by atoms with Crippen molar-refractivity contribution in [3.05, 3.63) is 0 Å². The van der Waals surface area contributed by atoms with Crippen molar-refractivity contribution in [1.82, 2.24) is 0 Å². The summed E-state index contributed by atoms with van der Waals surface area (Å²) < 4.78 is 25.7. The van der Waals surface area contributed by atoms with E-state index in [9.17, 15) is 0 Å². The summed E-state index contributed by atoms with van der Waals surface area (Å²) in [5.41, 5.74) is 0. The quantitative estimate of drug-likeness (QED) is 0.396. The van der Waals surface area contributed by atoms with Crippen LogP contribution in [0.15, 0.2) is 0 Å². The van der Waals surface area contributed by atoms with Crippen LogP contribution in [0.25, 0.3) is 0 Å². The molecule has 0 saturated heterocycles. The van der Waals surface area contributed by atoms with Crippen LogP contribution in [0.5, 0.6) is 0 Å². The SMILES string of the molecule is O.[Cr+2].[O-][I+2]([O-])[O-]. The maximum absolute atomic E-state index is 8.57. The van der Waals surface area contributed by atoms with Crippen molar-refractivity contribution in [3.63, 3.8) is 0 Å². The van der Waals surface area contributed by atoms with Crippen LogP contribution >= 0.6 is 0 Å². The van der Waals surface area contributed by atoms with Crippen molar-refractivity contribution >= 4 is 0 Å². The first-order valence-electron chi connectivity index (χ1n) is 0.463. The van der Waals surface area contributed by atoms with Crippen LogP contribution in [0.2, 0.25) is 0 Å². The van der Waals surface area contributed by atoms with Crippen molar-refractivity contribution in [2.45, 2.75) is 0 Å². The molecule has 0 aromatic rings. The second kappa shape index (κ2) is 9.44. The molecule has 0 atom stereocenters. The van der Waals surface area contributed by atoms with Crippen molar-refractivity contribution < 1.29 is 54.2 Å². The third kappa shape index (κ3) is 70.7. The molecule has 0 bridgehead atoms. The number of halogens is 1. The molecule has 0 aromatic heterocycles. The standard InChI is InChI=1S/Cr.IO3.H2O/c;2-1(3)4;/h;;1H2/q+2;-1;. The molecule has 2 N–H and O–H groups in total. The summed E-state index contributed by atoms with van der Waals surface area (Å²) >= 11 is -4.01. The smallest absolute Gasteiger partial charge is 0.427 e. The summed E-state index contributed by atoms with van der Waals surface area (Å²) in [5.74, 6) is 0. The number of rotatable bonds is 0. The van der Waals surface area contributed by atoms with Crippen LogP contribution in [0.4, 0.5) is 0 Å². The van der Waals surface area contributed by atoms with Gasteiger partial charge in [0.2, 0.25) is 0 Å². The van der Waals surface area contributed by atoms with E-state index < -0.39 is 21.1 Å². The summed E-state index contributed by atoms with van der Waals surface area (Å²) in [6, 6.07) is 0. The summed E-state index contributed by atoms with van der Waals surface area (Å²) in [5, 5.41) is 0. The van der Waals surface area contributed by atoms with Crippen molar-refractivity contribution in [2.24, 2.45) is 0 Å². The van der Waals surface area contributed by atoms with Crippen LogP contribution in [-0.2, 0) is 17.4 Å². The first-order valence-corrected chi connectivity index (χ1v) is 3.11. The van der Waals surface area contributed by atoms with Gasteiger partial charge < -0.3 is 15.8 Å². The Morgan fingerprint density at radius 1 is 1.00 bits per heavy atom. The molecule has 6 heteroatoms. The van der Waals surface area contributed by atoms with E-state index in [0.29, 0.717) is 0 Å². The third-order valence-electron chi connectivity index (χ3n) is 0. The predicted molar refractivity (Wildman–Crippen MR) is 3.61 cm³/mol. The molecule has 4 nitrogen and oxygen atoms in total. The molecule has 38 valence electrons. The van der Waals surface area contributed by atoms with E-state index in [4.69, 9.17) is 10.3 Å². The molecule has 0 saturated carbocycles. The van der Waals surface area contributed by atoms with Crippen molar-refractivity contribution in [1.29, 1.82) is 0 Å². The zero-order chi connectivity index (χ0) is 3.58. The molecule has 0 spiro atoms. The first-order chi connectivity index (χ1) is 1.73. The summed E-state index contributed by atoms with van der Waals surface area (Å²) in [4.78, 5) is 0. The average Bonchev–Trinajstić information content (AvgIpc) is 0.811. The van der Waals surface area contributed by atoms with E-state index in [-0.39, 0.29) is 22.8 Å². The Morgan fingerprint density at radius 2 is 1.00 bits per heavy atom. The van der Waals surface area contributed by atoms with E-state index in [1.165, 1.54) is 0 Å². The van der Waals surface area contributed by atoms with Gasteiger partial charge in [0.25, 0.3) is 21.1 Å². The van der Waals surface area contributed by atoms with Crippen LogP contribution in [0.3, 0.4) is 0 Å². The van der Waals surface area contributed by atoms with E-state index in [2.05, 4.69) is 0 Å². The number of hydrogen-bond acceptors (Lipinski definition) is 3. The molecular formula is H2CrIO4+. The van der Waals surface area contributed by atoms with E-state index in [0.717, 1.165) is 0 Å². The second-order valence-corrected chi connectivity index (χ2v) is 1.27. The molecule has 0 aromatic carbocycles. The maximum atomic E-state index is 8.57. The fourth-order valence-electron chi connectivity index (χ4n) is 0. The van der Waals surface area contributed by atoms with E-state index in [1.54, 1.807) is 0 Å². The first kappa shape index (κ1) is 15.7. The van der Waals surface area contributed by atoms with Gasteiger partial charge in [0, 0.05) is 0 Å². The molecule has 6 heavy (non-hydrogen) atoms. The van der Waals surface area contributed by atoms with E-state index in [1.807, 2.05) is 0 Å². The second-order valence-electron chi connectivity index (χ2n) is 0.189. The van der Waals surface area contributed by atoms with Crippen LogP contribution < -0.4 is 31.4 Å². The van der Waals surface area contributed by atoms with Crippen LogP contribution in [0.1, 0.15) is 0 Å². The molecule has 0 radical (unpaired) electrons. The Bertz CT molecular complexity index is 12.3. The van der Waals surface area contributed by atoms with Gasteiger partial charge in [-0.1, -0.05) is 0 Å². The average molecular weight is 245 g/mol. The molecule has 0 rings (SSSR count). The molecule has 0 fully saturated rings. The molecule has 0 unspecified atom stereocenters. The van der Waals surface area contributed by atoms with Gasteiger partial charge in [-0.15, -0.1) is 0 Å². The van der Waals surface area contributed by atoms with Gasteiger partial charge in [-0.25, -0.2) is 0 Å². The number of hydrogen-bond donors (Lipinski definition) is 0. The predicted octanol–water partition coefficient (Wildman–Crippen LogP) is -7.39. The monoisotopic (exact) mass is 245 g/mol. The van der Waals surface area contributed by atoms with Crippen LogP contribution in [0, 0.1) is 0 Å². The molecular weight excluding hydrogens is 243 g/mol. The molecule has 0 amide bonds. The van der Waals surface area contributed by atoms with E-state index >= 15 is 0 Å². The van der Waals surface area contributed by atoms with Gasteiger partial charge in [0.15, 0.2) is 0 Å². The Hall–Kier alpha value is 1.10. The van der Waals surface area contributed by atoms with Gasteiger partial charge in [-0.2, -0.15) is 0 Å². The van der Waals surface area contributed by atoms with Crippen molar-refractivity contribution in [2.75, 3.05) is 0 Å². The van der Waals surface area contributed by atoms with Gasteiger partial charge in [-0.05, 0) is 0 Å². The summed E-state index contributed by atoms with van der Waals surface area (Å²) in [6.45, 7) is 0. The zero-order valence-corrected chi connectivity index (χ0v) is 5.94. The third-order valence-corrected chi connectivity index (χ3v) is 0. The molecule has 0 heterocycles. The Morgan fingerprint density at radius 3 is 1.00 bits per heavy atom. The summed E-state index contributed by atoms with van der Waals surface area (Å²) in [6.07, 6.45) is 0. The minimum atomic E-state index is -4.01. The zero-order valence-electron chi connectivity index (χ0n) is 2.51. The largest absolute Gasteiger partial charge is 2.00 e. The van der Waals surface area contributed by atoms with Gasteiger partial charge in [0.1, 0.15) is 0 Å². The fourth-order valence-corrected chi connectivity index (χ4v) is 0. The molecule has 0 aliphatic carbocycles. The molecule has 0 aliphatic rings. The Labute approximate surface area is 54.3 Å². The minimum Gasteiger partial charge on any atom is -0.427 e. The topological polar surface area (TPSA) is 101 Å². The molecule has 0 aliphatic heterocycles. The normalized spacial score (nSPS) is 6.00. The maximum Gasteiger partial charge on any atom is 2.00 e. The van der Waals surface area contributed by atoms with Crippen LogP contribution in [-0.4, -0.2) is 5.48 Å².